The summed E-state index contributed by atoms with van der Waals surface area (Å²) in [5.41, 5.74) is 0. The van der Waals surface area contributed by atoms with E-state index in [4.69, 9.17) is 0 Å². The van der Waals surface area contributed by atoms with Crippen LogP contribution in [0.5, 0.6) is 0 Å². The Hall–Kier alpha value is 1.84. The summed E-state index contributed by atoms with van der Waals surface area (Å²) in [5.74, 6) is 0. The summed E-state index contributed by atoms with van der Waals surface area (Å²) in [6, 6.07) is 0. The Bertz CT molecular complexity index is 11.7. The van der Waals surface area contributed by atoms with Crippen LogP contribution in [0.15, 0.2) is 0 Å². The molecular formula is H6CoInO4Zn+3. The summed E-state index contributed by atoms with van der Waals surface area (Å²) < 4.78 is 0. The molecule has 0 aromatic carbocycles. The molecule has 6 N–H and O–H groups in total. The molecule has 41 valence electrons. The zero-order chi connectivity index (χ0) is 0. The van der Waals surface area contributed by atoms with Crippen molar-refractivity contribution in [2.75, 3.05) is 0 Å². The fraction of sp³-hybridized carbons (Fsp3) is 0. The third-order valence-corrected chi connectivity index (χ3v) is 0. The van der Waals surface area contributed by atoms with Gasteiger partial charge in [-0.25, -0.2) is 0 Å². The average molecular weight is 309 g/mol. The molecule has 0 atom stereocenters. The van der Waals surface area contributed by atoms with Gasteiger partial charge < -0.3 is 21.9 Å². The van der Waals surface area contributed by atoms with Crippen LogP contribution in [0.3, 0.4) is 0 Å². The Balaban J connectivity index is 0. The molecule has 0 aliphatic rings. The molecule has 0 rings (SSSR count). The van der Waals surface area contributed by atoms with Gasteiger partial charge in [-0.05, 0) is 0 Å². The minimum absolute atomic E-state index is 0. The molecular weight excluding hydrogens is 303 g/mol. The van der Waals surface area contributed by atoms with Gasteiger partial charge in [0.25, 0.3) is 0 Å². The second kappa shape index (κ2) is 108. The second-order valence-electron chi connectivity index (χ2n) is 0. The van der Waals surface area contributed by atoms with Crippen molar-refractivity contribution in [2.24, 2.45) is 0 Å². The predicted molar refractivity (Wildman–Crippen MR) is 16.9 cm³/mol. The van der Waals surface area contributed by atoms with Crippen LogP contribution in [0, 0.1) is 0 Å². The molecule has 0 heterocycles. The molecule has 0 aromatic rings. The summed E-state index contributed by atoms with van der Waals surface area (Å²) >= 11 is 0. The van der Waals surface area contributed by atoms with Gasteiger partial charge in [-0.15, -0.1) is 0 Å². The molecule has 4 nitrogen and oxygen atoms in total. The summed E-state index contributed by atoms with van der Waals surface area (Å²) in [7, 11) is 0. The molecule has 7 heavy (non-hydrogen) atoms. The first-order valence-corrected chi connectivity index (χ1v) is 0. The van der Waals surface area contributed by atoms with E-state index in [1.807, 2.05) is 0 Å². The minimum atomic E-state index is 0. The van der Waals surface area contributed by atoms with Gasteiger partial charge >= 0.3 is 45.3 Å². The zero-order valence-electron chi connectivity index (χ0n) is 3.51. The Labute approximate surface area is 83.4 Å². The van der Waals surface area contributed by atoms with Gasteiger partial charge in [-0.1, -0.05) is 0 Å². The smallest absolute Gasteiger partial charge is 0.870 e. The standard InChI is InChI=1S/Co.In.4H2O.Zn/h;;4*1H2;/q;+3;;;;;+2/p-2. The van der Waals surface area contributed by atoms with Crippen LogP contribution in [0.2, 0.25) is 0 Å². The van der Waals surface area contributed by atoms with Gasteiger partial charge in [0, 0.05) is 16.8 Å². The molecule has 0 aliphatic heterocycles. The van der Waals surface area contributed by atoms with Crippen LogP contribution in [0.25, 0.3) is 0 Å². The summed E-state index contributed by atoms with van der Waals surface area (Å²) in [5, 5.41) is 0. The zero-order valence-corrected chi connectivity index (χ0v) is 10.8. The first kappa shape index (κ1) is 160. The fourth-order valence-electron chi connectivity index (χ4n) is 0. The molecule has 0 saturated carbocycles. The van der Waals surface area contributed by atoms with E-state index in [1.54, 1.807) is 0 Å². The number of hydrogen-bond donors (Lipinski definition) is 0. The number of hydrogen-bond acceptors (Lipinski definition) is 2. The van der Waals surface area contributed by atoms with E-state index in [1.165, 1.54) is 0 Å². The molecule has 0 amide bonds. The normalized spacial score (nSPS) is 0. The van der Waals surface area contributed by atoms with Gasteiger partial charge in [0.1, 0.15) is 0 Å². The molecule has 0 aromatic heterocycles. The van der Waals surface area contributed by atoms with Crippen molar-refractivity contribution in [3.63, 3.8) is 0 Å². The van der Waals surface area contributed by atoms with Crippen molar-refractivity contribution in [3.8, 4) is 0 Å². The van der Waals surface area contributed by atoms with Gasteiger partial charge in [-0.3, -0.25) is 0 Å². The van der Waals surface area contributed by atoms with E-state index in [2.05, 4.69) is 0 Å². The third-order valence-electron chi connectivity index (χ3n) is 0. The maximum atomic E-state index is 0. The van der Waals surface area contributed by atoms with Gasteiger partial charge in [-0.2, -0.15) is 0 Å². The summed E-state index contributed by atoms with van der Waals surface area (Å²) in [4.78, 5) is 0. The molecule has 7 heteroatoms. The van der Waals surface area contributed by atoms with Gasteiger partial charge in [0.05, 0.1) is 0 Å². The van der Waals surface area contributed by atoms with E-state index in [0.29, 0.717) is 0 Å². The topological polar surface area (TPSA) is 123 Å². The van der Waals surface area contributed by atoms with E-state index >= 15 is 0 Å². The van der Waals surface area contributed by atoms with E-state index in [0.717, 1.165) is 0 Å². The van der Waals surface area contributed by atoms with Crippen molar-refractivity contribution in [1.82, 2.24) is 0 Å². The van der Waals surface area contributed by atoms with E-state index < -0.39 is 0 Å². The van der Waals surface area contributed by atoms with Crippen molar-refractivity contribution in [2.45, 2.75) is 0 Å². The summed E-state index contributed by atoms with van der Waals surface area (Å²) in [6.07, 6.45) is 0. The molecule has 0 bridgehead atoms. The van der Waals surface area contributed by atoms with Crippen LogP contribution in [0.1, 0.15) is 0 Å². The Morgan fingerprint density at radius 1 is 0.714 bits per heavy atom. The van der Waals surface area contributed by atoms with Crippen LogP contribution >= 0.6 is 0 Å². The molecule has 0 fully saturated rings. The molecule has 0 saturated heterocycles. The monoisotopic (exact) mass is 308 g/mol. The maximum Gasteiger partial charge on any atom is 3.00 e. The molecule has 0 spiro atoms. The molecule has 0 aliphatic carbocycles. The predicted octanol–water partition coefficient (Wildman–Crippen LogP) is -2.39. The van der Waals surface area contributed by atoms with Crippen LogP contribution < -0.4 is 0 Å². The fourth-order valence-corrected chi connectivity index (χ4v) is 0. The van der Waals surface area contributed by atoms with E-state index in [9.17, 15) is 0 Å². The Morgan fingerprint density at radius 3 is 0.714 bits per heavy atom. The first-order valence-electron chi connectivity index (χ1n) is 0. The molecule has 0 unspecified atom stereocenters. The Morgan fingerprint density at radius 2 is 0.714 bits per heavy atom. The van der Waals surface area contributed by atoms with Crippen LogP contribution in [-0.4, -0.2) is 47.7 Å². The van der Waals surface area contributed by atoms with Crippen LogP contribution in [0.4, 0.5) is 0 Å². The summed E-state index contributed by atoms with van der Waals surface area (Å²) in [6.45, 7) is 0. The number of rotatable bonds is 0. The average Bonchev–Trinajstić information content (AvgIpc) is 0. The Kier molecular flexibility index (Phi) is 2480. The van der Waals surface area contributed by atoms with Crippen LogP contribution in [-0.2, 0) is 36.3 Å². The quantitative estimate of drug-likeness (QED) is 0.463. The second-order valence-corrected chi connectivity index (χ2v) is 0. The van der Waals surface area contributed by atoms with Crippen molar-refractivity contribution >= 4 is 25.8 Å². The minimum Gasteiger partial charge on any atom is -0.870 e. The van der Waals surface area contributed by atoms with Crippen molar-refractivity contribution in [1.29, 1.82) is 0 Å². The maximum absolute atomic E-state index is 0. The largest absolute Gasteiger partial charge is 3.00 e. The molecule has 1 radical (unpaired) electrons. The van der Waals surface area contributed by atoms with Gasteiger partial charge in [0.15, 0.2) is 0 Å². The SMILES string of the molecule is O.O.[Co].[In+3].[OH-].[OH-].[Zn+2]. The van der Waals surface area contributed by atoms with Crippen molar-refractivity contribution in [3.05, 3.63) is 0 Å². The van der Waals surface area contributed by atoms with Gasteiger partial charge in [0.2, 0.25) is 0 Å². The van der Waals surface area contributed by atoms with Crippen molar-refractivity contribution < 1.29 is 58.2 Å². The third kappa shape index (κ3) is 79.0. The van der Waals surface area contributed by atoms with E-state index in [-0.39, 0.29) is 84.0 Å². The first-order chi connectivity index (χ1) is 0.